The number of hydrogen-bond acceptors (Lipinski definition) is 1. The van der Waals surface area contributed by atoms with Crippen molar-refractivity contribution >= 4 is 16.5 Å². The van der Waals surface area contributed by atoms with Crippen molar-refractivity contribution in [2.75, 3.05) is 0 Å². The lowest BCUT2D eigenvalue weighted by molar-refractivity contribution is 0.588. The van der Waals surface area contributed by atoms with E-state index in [2.05, 4.69) is 84.0 Å². The van der Waals surface area contributed by atoms with Crippen molar-refractivity contribution in [1.29, 1.82) is 5.41 Å². The van der Waals surface area contributed by atoms with E-state index in [1.54, 1.807) is 0 Å². The molecular weight excluding hydrogens is 290 g/mol. The predicted octanol–water partition coefficient (Wildman–Crippen LogP) is 6.63. The minimum absolute atomic E-state index is 0.165. The summed E-state index contributed by atoms with van der Waals surface area (Å²) in [6.45, 7) is 13.0. The SMILES string of the molecule is CC1=CC(c2cc3ccccc3cc2C(=N)C(C)(C)C)C(C)=C1C. The molecule has 0 saturated heterocycles. The van der Waals surface area contributed by atoms with Crippen molar-refractivity contribution in [3.8, 4) is 0 Å². The number of rotatable bonds is 2. The van der Waals surface area contributed by atoms with E-state index in [1.165, 1.54) is 33.1 Å². The highest BCUT2D eigenvalue weighted by Gasteiger charge is 2.27. The van der Waals surface area contributed by atoms with Crippen molar-refractivity contribution in [3.63, 3.8) is 0 Å². The third kappa shape index (κ3) is 2.73. The second kappa shape index (κ2) is 5.73. The van der Waals surface area contributed by atoms with Gasteiger partial charge in [0.15, 0.2) is 0 Å². The summed E-state index contributed by atoms with van der Waals surface area (Å²) >= 11 is 0. The van der Waals surface area contributed by atoms with Gasteiger partial charge in [0.1, 0.15) is 0 Å². The molecule has 2 aromatic carbocycles. The highest BCUT2D eigenvalue weighted by molar-refractivity contribution is 6.06. The monoisotopic (exact) mass is 317 g/mol. The van der Waals surface area contributed by atoms with Gasteiger partial charge in [-0.1, -0.05) is 62.3 Å². The molecule has 0 amide bonds. The van der Waals surface area contributed by atoms with E-state index in [-0.39, 0.29) is 11.3 Å². The Morgan fingerprint density at radius 1 is 0.958 bits per heavy atom. The molecule has 2 aromatic rings. The van der Waals surface area contributed by atoms with Gasteiger partial charge in [0.2, 0.25) is 0 Å². The molecule has 1 aliphatic carbocycles. The van der Waals surface area contributed by atoms with Crippen LogP contribution in [-0.2, 0) is 0 Å². The van der Waals surface area contributed by atoms with Gasteiger partial charge in [-0.3, -0.25) is 0 Å². The molecule has 0 bridgehead atoms. The molecule has 0 aromatic heterocycles. The van der Waals surface area contributed by atoms with Gasteiger partial charge in [-0.25, -0.2) is 0 Å². The van der Waals surface area contributed by atoms with E-state index < -0.39 is 0 Å². The number of benzene rings is 2. The van der Waals surface area contributed by atoms with Gasteiger partial charge in [-0.2, -0.15) is 0 Å². The normalized spacial score (nSPS) is 18.2. The molecule has 0 aliphatic heterocycles. The molecule has 0 radical (unpaired) electrons. The number of nitrogens with one attached hydrogen (secondary N) is 1. The summed E-state index contributed by atoms with van der Waals surface area (Å²) in [5, 5.41) is 11.3. The number of hydrogen-bond donors (Lipinski definition) is 1. The van der Waals surface area contributed by atoms with Gasteiger partial charge < -0.3 is 5.41 Å². The maximum absolute atomic E-state index is 8.79. The zero-order chi connectivity index (χ0) is 17.6. The third-order valence-corrected chi connectivity index (χ3v) is 5.34. The lowest BCUT2D eigenvalue weighted by Crippen LogP contribution is -2.22. The largest absolute Gasteiger partial charge is 0.304 e. The Bertz CT molecular complexity index is 888. The Hall–Kier alpha value is -2.15. The van der Waals surface area contributed by atoms with Crippen LogP contribution in [0, 0.1) is 10.8 Å². The van der Waals surface area contributed by atoms with Crippen LogP contribution in [-0.4, -0.2) is 5.71 Å². The van der Waals surface area contributed by atoms with E-state index in [1.807, 2.05) is 0 Å². The summed E-state index contributed by atoms with van der Waals surface area (Å²) in [5.41, 5.74) is 7.06. The summed E-state index contributed by atoms with van der Waals surface area (Å²) in [5.74, 6) is 0.285. The Kier molecular flexibility index (Phi) is 3.99. The van der Waals surface area contributed by atoms with Crippen LogP contribution in [0.2, 0.25) is 0 Å². The van der Waals surface area contributed by atoms with Crippen LogP contribution in [0.25, 0.3) is 10.8 Å². The molecule has 0 fully saturated rings. The Balaban J connectivity index is 2.28. The molecule has 1 aliphatic rings. The van der Waals surface area contributed by atoms with Gasteiger partial charge in [0.25, 0.3) is 0 Å². The van der Waals surface area contributed by atoms with Crippen molar-refractivity contribution in [3.05, 3.63) is 70.3 Å². The van der Waals surface area contributed by atoms with Gasteiger partial charge in [0, 0.05) is 22.6 Å². The molecule has 1 nitrogen and oxygen atoms in total. The summed E-state index contributed by atoms with van der Waals surface area (Å²) in [6.07, 6.45) is 2.36. The quantitative estimate of drug-likeness (QED) is 0.601. The Morgan fingerprint density at radius 2 is 1.54 bits per heavy atom. The van der Waals surface area contributed by atoms with Crippen molar-refractivity contribution in [2.24, 2.45) is 5.41 Å². The average Bonchev–Trinajstić information content (AvgIpc) is 2.79. The third-order valence-electron chi connectivity index (χ3n) is 5.34. The van der Waals surface area contributed by atoms with Crippen LogP contribution in [0.4, 0.5) is 0 Å². The fourth-order valence-corrected chi connectivity index (χ4v) is 3.50. The molecule has 3 rings (SSSR count). The van der Waals surface area contributed by atoms with Crippen molar-refractivity contribution < 1.29 is 0 Å². The highest BCUT2D eigenvalue weighted by Crippen LogP contribution is 2.41. The lowest BCUT2D eigenvalue weighted by Gasteiger charge is -2.25. The molecular formula is C23H27N. The zero-order valence-corrected chi connectivity index (χ0v) is 15.6. The summed E-state index contributed by atoms with van der Waals surface area (Å²) < 4.78 is 0. The maximum atomic E-state index is 8.79. The fourth-order valence-electron chi connectivity index (χ4n) is 3.50. The van der Waals surface area contributed by atoms with Gasteiger partial charge >= 0.3 is 0 Å². The molecule has 1 atom stereocenters. The van der Waals surface area contributed by atoms with Crippen LogP contribution in [0.3, 0.4) is 0 Å². The van der Waals surface area contributed by atoms with Gasteiger partial charge in [-0.15, -0.1) is 0 Å². The molecule has 24 heavy (non-hydrogen) atoms. The predicted molar refractivity (Wildman–Crippen MR) is 105 cm³/mol. The van der Waals surface area contributed by atoms with E-state index >= 15 is 0 Å². The van der Waals surface area contributed by atoms with Crippen LogP contribution in [0.5, 0.6) is 0 Å². The Labute approximate surface area is 145 Å². The second-order valence-corrected chi connectivity index (χ2v) is 8.05. The lowest BCUT2D eigenvalue weighted by atomic mass is 9.79. The smallest absolute Gasteiger partial charge is 0.0442 e. The highest BCUT2D eigenvalue weighted by atomic mass is 14.5. The molecule has 1 heteroatoms. The first-order valence-corrected chi connectivity index (χ1v) is 8.68. The van der Waals surface area contributed by atoms with Crippen LogP contribution >= 0.6 is 0 Å². The summed E-state index contributed by atoms with van der Waals surface area (Å²) in [7, 11) is 0. The minimum Gasteiger partial charge on any atom is -0.304 e. The standard InChI is InChI=1S/C23H27N/c1-14-11-19(16(3)15(14)2)20-12-17-9-7-8-10-18(17)13-21(20)22(24)23(4,5)6/h7-13,19,24H,1-6H3. The van der Waals surface area contributed by atoms with Crippen LogP contribution in [0.1, 0.15) is 58.6 Å². The summed E-state index contributed by atoms with van der Waals surface area (Å²) in [4.78, 5) is 0. The van der Waals surface area contributed by atoms with E-state index in [4.69, 9.17) is 5.41 Å². The average molecular weight is 317 g/mol. The van der Waals surface area contributed by atoms with E-state index in [9.17, 15) is 0 Å². The van der Waals surface area contributed by atoms with Crippen LogP contribution < -0.4 is 0 Å². The molecule has 0 heterocycles. The van der Waals surface area contributed by atoms with E-state index in [0.717, 1.165) is 5.56 Å². The first kappa shape index (κ1) is 16.7. The number of allylic oxidation sites excluding steroid dienone is 4. The van der Waals surface area contributed by atoms with Gasteiger partial charge in [0.05, 0.1) is 0 Å². The second-order valence-electron chi connectivity index (χ2n) is 8.05. The fraction of sp³-hybridized carbons (Fsp3) is 0.348. The van der Waals surface area contributed by atoms with Gasteiger partial charge in [-0.05, 0) is 54.8 Å². The van der Waals surface area contributed by atoms with E-state index in [0.29, 0.717) is 5.71 Å². The number of fused-ring (bicyclic) bond motifs is 1. The molecule has 1 N–H and O–H groups in total. The Morgan fingerprint density at radius 3 is 2.04 bits per heavy atom. The zero-order valence-electron chi connectivity index (χ0n) is 15.6. The van der Waals surface area contributed by atoms with Crippen molar-refractivity contribution in [1.82, 2.24) is 0 Å². The van der Waals surface area contributed by atoms with Crippen molar-refractivity contribution in [2.45, 2.75) is 47.5 Å². The first-order valence-electron chi connectivity index (χ1n) is 8.68. The topological polar surface area (TPSA) is 23.9 Å². The van der Waals surface area contributed by atoms with Crippen LogP contribution in [0.15, 0.2) is 59.2 Å². The molecule has 0 spiro atoms. The first-order chi connectivity index (χ1) is 11.2. The summed E-state index contributed by atoms with van der Waals surface area (Å²) in [6, 6.07) is 13.0. The molecule has 1 unspecified atom stereocenters. The minimum atomic E-state index is -0.165. The molecule has 0 saturated carbocycles. The maximum Gasteiger partial charge on any atom is 0.0442 e. The molecule has 124 valence electrons.